The molecule has 0 bridgehead atoms. The van der Waals surface area contributed by atoms with Crippen LogP contribution in [-0.4, -0.2) is 40.6 Å². The molecule has 25 heavy (non-hydrogen) atoms. The average molecular weight is 336 g/mol. The Morgan fingerprint density at radius 2 is 1.76 bits per heavy atom. The molecule has 1 fully saturated rings. The third-order valence-electron chi connectivity index (χ3n) is 3.61. The highest BCUT2D eigenvalue weighted by atomic mass is 16.2. The first-order valence-corrected chi connectivity index (χ1v) is 7.66. The minimum atomic E-state index is -0.697. The predicted molar refractivity (Wildman–Crippen MR) is 91.6 cm³/mol. The summed E-state index contributed by atoms with van der Waals surface area (Å²) in [6.07, 6.45) is 1.42. The summed E-state index contributed by atoms with van der Waals surface area (Å²) in [6.45, 7) is 1.65. The fourth-order valence-corrected chi connectivity index (χ4v) is 2.25. The highest BCUT2D eigenvalue weighted by molar-refractivity contribution is 6.04. The number of aryl methyl sites for hydroxylation is 1. The largest absolute Gasteiger partial charge is 0.367 e. The van der Waals surface area contributed by atoms with Crippen LogP contribution in [0.25, 0.3) is 0 Å². The molecular formula is C18H16N4O3. The molecule has 2 aromatic rings. The Hall–Kier alpha value is -3.48. The number of amides is 4. The zero-order valence-electron chi connectivity index (χ0n) is 13.5. The third-order valence-corrected chi connectivity index (χ3v) is 3.61. The molecule has 3 rings (SSSR count). The van der Waals surface area contributed by atoms with Gasteiger partial charge in [0.05, 0.1) is 6.21 Å². The van der Waals surface area contributed by atoms with Crippen LogP contribution < -0.4 is 5.43 Å². The van der Waals surface area contributed by atoms with Crippen molar-refractivity contribution in [2.75, 3.05) is 6.54 Å². The van der Waals surface area contributed by atoms with Crippen LogP contribution in [0.5, 0.6) is 0 Å². The van der Waals surface area contributed by atoms with E-state index in [0.29, 0.717) is 5.56 Å². The van der Waals surface area contributed by atoms with Crippen molar-refractivity contribution in [3.8, 4) is 0 Å². The first kappa shape index (κ1) is 16.4. The van der Waals surface area contributed by atoms with Gasteiger partial charge in [-0.15, -0.1) is 5.01 Å². The number of hydrogen-bond acceptors (Lipinski definition) is 4. The smallest absolute Gasteiger partial charge is 0.270 e. The Morgan fingerprint density at radius 1 is 1.08 bits per heavy atom. The number of benzene rings is 2. The molecular weight excluding hydrogens is 320 g/mol. The number of rotatable bonds is 4. The van der Waals surface area contributed by atoms with Crippen molar-refractivity contribution >= 4 is 24.1 Å². The van der Waals surface area contributed by atoms with Gasteiger partial charge < -0.3 is 0 Å². The minimum Gasteiger partial charge on any atom is -0.270 e. The van der Waals surface area contributed by atoms with Gasteiger partial charge in [0.1, 0.15) is 6.54 Å². The van der Waals surface area contributed by atoms with Crippen molar-refractivity contribution in [3.63, 3.8) is 0 Å². The van der Waals surface area contributed by atoms with Crippen LogP contribution in [0.1, 0.15) is 21.5 Å². The van der Waals surface area contributed by atoms with Gasteiger partial charge in [0.2, 0.25) is 0 Å². The number of hydrazine groups is 1. The maximum atomic E-state index is 12.3. The standard InChI is InChI=1S/C18H16N4O3/c1-13-7-9-15(10-8-13)17(24)20-21-12-16(23)22(18(21)25)19-11-14-5-3-2-4-6-14/h2-11H,12H2,1H3,(H,20,24)/b19-11+. The Labute approximate surface area is 144 Å². The molecule has 0 aliphatic carbocycles. The number of hydrazone groups is 1. The highest BCUT2D eigenvalue weighted by Crippen LogP contribution is 2.10. The van der Waals surface area contributed by atoms with E-state index in [-0.39, 0.29) is 6.54 Å². The summed E-state index contributed by atoms with van der Waals surface area (Å²) in [5, 5.41) is 5.60. The van der Waals surface area contributed by atoms with E-state index in [1.54, 1.807) is 36.4 Å². The van der Waals surface area contributed by atoms with Crippen molar-refractivity contribution in [1.29, 1.82) is 0 Å². The lowest BCUT2D eigenvalue weighted by Crippen LogP contribution is -2.44. The van der Waals surface area contributed by atoms with Crippen molar-refractivity contribution in [2.45, 2.75) is 6.92 Å². The topological polar surface area (TPSA) is 82.1 Å². The zero-order chi connectivity index (χ0) is 17.8. The van der Waals surface area contributed by atoms with Crippen LogP contribution in [-0.2, 0) is 4.79 Å². The first-order chi connectivity index (χ1) is 12.0. The van der Waals surface area contributed by atoms with Gasteiger partial charge in [-0.2, -0.15) is 5.10 Å². The minimum absolute atomic E-state index is 0.261. The summed E-state index contributed by atoms with van der Waals surface area (Å²) in [5.41, 5.74) is 4.61. The molecule has 4 amide bonds. The second-order valence-corrected chi connectivity index (χ2v) is 5.54. The van der Waals surface area contributed by atoms with Crippen LogP contribution in [0.15, 0.2) is 59.7 Å². The van der Waals surface area contributed by atoms with Gasteiger partial charge in [0, 0.05) is 5.56 Å². The molecule has 1 aliphatic rings. The lowest BCUT2D eigenvalue weighted by atomic mass is 10.1. The Morgan fingerprint density at radius 3 is 2.44 bits per heavy atom. The molecule has 2 aromatic carbocycles. The van der Waals surface area contributed by atoms with Gasteiger partial charge >= 0.3 is 6.03 Å². The molecule has 1 saturated heterocycles. The molecule has 0 radical (unpaired) electrons. The quantitative estimate of drug-likeness (QED) is 0.684. The monoisotopic (exact) mass is 336 g/mol. The van der Waals surface area contributed by atoms with E-state index in [1.807, 2.05) is 25.1 Å². The molecule has 1 heterocycles. The second-order valence-electron chi connectivity index (χ2n) is 5.54. The summed E-state index contributed by atoms with van der Waals surface area (Å²) in [6, 6.07) is 15.3. The number of carbonyl (C=O) groups is 3. The van der Waals surface area contributed by atoms with E-state index >= 15 is 0 Å². The van der Waals surface area contributed by atoms with Gasteiger partial charge in [0.25, 0.3) is 11.8 Å². The second kappa shape index (κ2) is 6.96. The molecule has 0 saturated carbocycles. The molecule has 7 heteroatoms. The normalized spacial score (nSPS) is 14.4. The van der Waals surface area contributed by atoms with Crippen molar-refractivity contribution in [1.82, 2.24) is 15.4 Å². The lowest BCUT2D eigenvalue weighted by molar-refractivity contribution is -0.125. The van der Waals surface area contributed by atoms with Crippen molar-refractivity contribution in [3.05, 3.63) is 71.3 Å². The van der Waals surface area contributed by atoms with Gasteiger partial charge in [0.15, 0.2) is 0 Å². The Bertz CT molecular complexity index is 831. The van der Waals surface area contributed by atoms with Gasteiger partial charge in [-0.3, -0.25) is 15.0 Å². The number of imide groups is 1. The summed E-state index contributed by atoms with van der Waals surface area (Å²) in [5.74, 6) is -0.976. The van der Waals surface area contributed by atoms with Gasteiger partial charge in [-0.05, 0) is 24.6 Å². The number of hydrogen-bond donors (Lipinski definition) is 1. The number of nitrogens with zero attached hydrogens (tertiary/aromatic N) is 3. The molecule has 1 aliphatic heterocycles. The van der Waals surface area contributed by atoms with E-state index in [1.165, 1.54) is 6.21 Å². The highest BCUT2D eigenvalue weighted by Gasteiger charge is 2.37. The maximum Gasteiger partial charge on any atom is 0.367 e. The summed E-state index contributed by atoms with van der Waals surface area (Å²) in [4.78, 5) is 36.4. The van der Waals surface area contributed by atoms with Crippen molar-refractivity contribution < 1.29 is 14.4 Å². The molecule has 126 valence electrons. The molecule has 0 spiro atoms. The molecule has 0 unspecified atom stereocenters. The first-order valence-electron chi connectivity index (χ1n) is 7.66. The molecule has 7 nitrogen and oxygen atoms in total. The van der Waals surface area contributed by atoms with Crippen LogP contribution in [0.3, 0.4) is 0 Å². The van der Waals surface area contributed by atoms with Gasteiger partial charge in [-0.25, -0.2) is 9.80 Å². The van der Waals surface area contributed by atoms with E-state index in [9.17, 15) is 14.4 Å². The van der Waals surface area contributed by atoms with Crippen LogP contribution in [0.2, 0.25) is 0 Å². The molecule has 1 N–H and O–H groups in total. The van der Waals surface area contributed by atoms with Crippen LogP contribution >= 0.6 is 0 Å². The summed E-state index contributed by atoms with van der Waals surface area (Å²) < 4.78 is 0. The number of carbonyl (C=O) groups excluding carboxylic acids is 3. The Kier molecular flexibility index (Phi) is 4.56. The van der Waals surface area contributed by atoms with E-state index in [4.69, 9.17) is 0 Å². The summed E-state index contributed by atoms with van der Waals surface area (Å²) in [7, 11) is 0. The molecule has 0 atom stereocenters. The lowest BCUT2D eigenvalue weighted by Gasteiger charge is -2.15. The average Bonchev–Trinajstić information content (AvgIpc) is 2.88. The van der Waals surface area contributed by atoms with Crippen LogP contribution in [0, 0.1) is 6.92 Å². The van der Waals surface area contributed by atoms with Gasteiger partial charge in [-0.1, -0.05) is 48.0 Å². The SMILES string of the molecule is Cc1ccc(C(=O)NN2CC(=O)N(/N=C/c3ccccc3)C2=O)cc1. The molecule has 0 aromatic heterocycles. The van der Waals surface area contributed by atoms with Crippen molar-refractivity contribution in [2.24, 2.45) is 5.10 Å². The fourth-order valence-electron chi connectivity index (χ4n) is 2.25. The summed E-state index contributed by atoms with van der Waals surface area (Å²) >= 11 is 0. The fraction of sp³-hybridized carbons (Fsp3) is 0.111. The maximum absolute atomic E-state index is 12.3. The third kappa shape index (κ3) is 3.72. The van der Waals surface area contributed by atoms with E-state index in [2.05, 4.69) is 10.5 Å². The van der Waals surface area contributed by atoms with Crippen LogP contribution in [0.4, 0.5) is 4.79 Å². The predicted octanol–water partition coefficient (Wildman–Crippen LogP) is 1.94. The van der Waals surface area contributed by atoms with E-state index < -0.39 is 17.8 Å². The Balaban J connectivity index is 1.67. The number of nitrogens with one attached hydrogen (secondary N) is 1. The van der Waals surface area contributed by atoms with E-state index in [0.717, 1.165) is 21.1 Å². The zero-order valence-corrected chi connectivity index (χ0v) is 13.5. The number of urea groups is 1.